The fraction of sp³-hybridized carbons (Fsp3) is 0.522. The molecule has 0 rings (SSSR count). The highest BCUT2D eigenvalue weighted by Crippen LogP contribution is 2.01. The van der Waals surface area contributed by atoms with Crippen LogP contribution >= 0.6 is 12.6 Å². The van der Waals surface area contributed by atoms with E-state index in [1.54, 1.807) is 0 Å². The molecule has 28 heavy (non-hydrogen) atoms. The van der Waals surface area contributed by atoms with Gasteiger partial charge < -0.3 is 15.5 Å². The van der Waals surface area contributed by atoms with Crippen molar-refractivity contribution in [2.45, 2.75) is 70.6 Å². The topological polar surface area (TPSA) is 69.6 Å². The molecule has 0 aromatic heterocycles. The molecule has 0 aliphatic carbocycles. The van der Waals surface area contributed by atoms with E-state index >= 15 is 0 Å². The number of aliphatic hydroxyl groups excluding tert-OH is 1. The van der Waals surface area contributed by atoms with Crippen LogP contribution in [0.5, 0.6) is 0 Å². The summed E-state index contributed by atoms with van der Waals surface area (Å²) in [5.74, 6) is 0.0116. The van der Waals surface area contributed by atoms with Crippen molar-refractivity contribution in [3.8, 4) is 0 Å². The van der Waals surface area contributed by atoms with Gasteiger partial charge in [-0.25, -0.2) is 0 Å². The molecule has 1 atom stereocenters. The molecule has 3 N–H and O–H groups in total. The van der Waals surface area contributed by atoms with Gasteiger partial charge in [0.1, 0.15) is 0 Å². The van der Waals surface area contributed by atoms with Crippen LogP contribution in [0.3, 0.4) is 0 Å². The van der Waals surface area contributed by atoms with Crippen molar-refractivity contribution >= 4 is 18.5 Å². The third-order valence-electron chi connectivity index (χ3n) is 3.84. The zero-order valence-corrected chi connectivity index (χ0v) is 17.9. The Hall–Kier alpha value is -1.56. The summed E-state index contributed by atoms with van der Waals surface area (Å²) in [6.45, 7) is 2.14. The lowest BCUT2D eigenvalue weighted by atomic mass is 10.2. The second-order valence-electron chi connectivity index (χ2n) is 6.37. The number of unbranched alkanes of at least 4 members (excludes halogenated alkanes) is 1. The predicted octanol–water partition coefficient (Wildman–Crippen LogP) is 4.63. The molecule has 0 aromatic carbocycles. The van der Waals surface area contributed by atoms with Crippen LogP contribution in [0, 0.1) is 0 Å². The van der Waals surface area contributed by atoms with Gasteiger partial charge in [-0.3, -0.25) is 4.79 Å². The number of amides is 1. The first kappa shape index (κ1) is 26.4. The molecular formula is C23H37NO3S. The van der Waals surface area contributed by atoms with Crippen LogP contribution in [0.1, 0.15) is 58.3 Å². The van der Waals surface area contributed by atoms with Crippen LogP contribution < -0.4 is 5.32 Å². The second-order valence-corrected chi connectivity index (χ2v) is 6.74. The molecule has 1 unspecified atom stereocenters. The summed E-state index contributed by atoms with van der Waals surface area (Å²) in [7, 11) is 0. The van der Waals surface area contributed by atoms with Crippen molar-refractivity contribution in [1.29, 1.82) is 0 Å². The van der Waals surface area contributed by atoms with Gasteiger partial charge in [0.05, 0.1) is 6.04 Å². The third-order valence-corrected chi connectivity index (χ3v) is 4.23. The van der Waals surface area contributed by atoms with Crippen molar-refractivity contribution in [3.63, 3.8) is 0 Å². The summed E-state index contributed by atoms with van der Waals surface area (Å²) in [6.07, 6.45) is 26.8. The van der Waals surface area contributed by atoms with Crippen LogP contribution in [-0.2, 0) is 4.79 Å². The normalized spacial score (nSPS) is 13.9. The highest BCUT2D eigenvalue weighted by atomic mass is 32.1. The standard InChI is InChI=1S/C23H37NO3S/c1-2-3-4-5-6-7-8-9-10-11-12-13-14-15-16-17-18-19-22(25)24-21(20-28)23(26)27/h3-4,6-7,9-10,12-13,15-16,21,23,26-28H,2,5,8,11,14,17-20H2,1H3,(H,24,25). The van der Waals surface area contributed by atoms with E-state index in [1.807, 2.05) is 0 Å². The van der Waals surface area contributed by atoms with Gasteiger partial charge in [-0.2, -0.15) is 12.6 Å². The molecule has 0 radical (unpaired) electrons. The monoisotopic (exact) mass is 407 g/mol. The van der Waals surface area contributed by atoms with Gasteiger partial charge in [0, 0.05) is 12.2 Å². The highest BCUT2D eigenvalue weighted by molar-refractivity contribution is 7.80. The minimum atomic E-state index is -1.58. The van der Waals surface area contributed by atoms with Gasteiger partial charge in [-0.15, -0.1) is 0 Å². The molecule has 0 bridgehead atoms. The van der Waals surface area contributed by atoms with Crippen LogP contribution in [0.2, 0.25) is 0 Å². The number of aliphatic hydroxyl groups is 2. The number of allylic oxidation sites excluding steroid dienone is 10. The average Bonchev–Trinajstić information content (AvgIpc) is 2.68. The van der Waals surface area contributed by atoms with Crippen molar-refractivity contribution in [3.05, 3.63) is 60.8 Å². The third kappa shape index (κ3) is 17.8. The molecule has 158 valence electrons. The Morgan fingerprint density at radius 2 is 1.32 bits per heavy atom. The Balaban J connectivity index is 3.64. The molecule has 0 saturated carbocycles. The van der Waals surface area contributed by atoms with E-state index in [2.05, 4.69) is 85.6 Å². The molecular weight excluding hydrogens is 370 g/mol. The average molecular weight is 408 g/mol. The Labute approximate surface area is 176 Å². The van der Waals surface area contributed by atoms with E-state index in [-0.39, 0.29) is 11.7 Å². The van der Waals surface area contributed by atoms with Gasteiger partial charge in [0.2, 0.25) is 5.91 Å². The minimum absolute atomic E-state index is 0.181. The van der Waals surface area contributed by atoms with Crippen molar-refractivity contribution in [1.82, 2.24) is 5.32 Å². The van der Waals surface area contributed by atoms with Crippen LogP contribution in [0.25, 0.3) is 0 Å². The predicted molar refractivity (Wildman–Crippen MR) is 122 cm³/mol. The maximum absolute atomic E-state index is 11.7. The molecule has 0 aromatic rings. The fourth-order valence-corrected chi connectivity index (χ4v) is 2.52. The van der Waals surface area contributed by atoms with Gasteiger partial charge in [-0.05, 0) is 44.9 Å². The van der Waals surface area contributed by atoms with Gasteiger partial charge >= 0.3 is 0 Å². The molecule has 0 spiro atoms. The number of carbonyl (C=O) groups is 1. The van der Waals surface area contributed by atoms with E-state index in [0.29, 0.717) is 6.42 Å². The maximum atomic E-state index is 11.7. The number of hydrogen-bond acceptors (Lipinski definition) is 4. The molecule has 0 aliphatic rings. The molecule has 0 saturated heterocycles. The molecule has 4 nitrogen and oxygen atoms in total. The minimum Gasteiger partial charge on any atom is -0.366 e. The summed E-state index contributed by atoms with van der Waals surface area (Å²) in [4.78, 5) is 11.7. The Morgan fingerprint density at radius 3 is 1.75 bits per heavy atom. The van der Waals surface area contributed by atoms with Crippen LogP contribution in [-0.4, -0.2) is 34.2 Å². The summed E-state index contributed by atoms with van der Waals surface area (Å²) in [6, 6.07) is -0.718. The van der Waals surface area contributed by atoms with E-state index in [4.69, 9.17) is 10.2 Å². The summed E-state index contributed by atoms with van der Waals surface area (Å²) >= 11 is 3.98. The first-order chi connectivity index (χ1) is 13.6. The summed E-state index contributed by atoms with van der Waals surface area (Å²) < 4.78 is 0. The first-order valence-corrected chi connectivity index (χ1v) is 10.8. The molecule has 0 aliphatic heterocycles. The SMILES string of the molecule is CCC=CCC=CCC=CCC=CCC=CCCCC(=O)NC(CS)C(O)O. The molecule has 1 amide bonds. The first-order valence-electron chi connectivity index (χ1n) is 10.1. The zero-order chi connectivity index (χ0) is 20.9. The van der Waals surface area contributed by atoms with Crippen molar-refractivity contribution < 1.29 is 15.0 Å². The number of hydrogen-bond donors (Lipinski definition) is 4. The summed E-state index contributed by atoms with van der Waals surface area (Å²) in [5, 5.41) is 20.6. The van der Waals surface area contributed by atoms with Gasteiger partial charge in [-0.1, -0.05) is 67.7 Å². The Kier molecular flexibility index (Phi) is 19.1. The lowest BCUT2D eigenvalue weighted by molar-refractivity contribution is -0.126. The molecule has 0 heterocycles. The Bertz CT molecular complexity index is 522. The zero-order valence-electron chi connectivity index (χ0n) is 17.0. The van der Waals surface area contributed by atoms with E-state index in [9.17, 15) is 4.79 Å². The van der Waals surface area contributed by atoms with Gasteiger partial charge in [0.15, 0.2) is 6.29 Å². The molecule has 0 fully saturated rings. The number of rotatable bonds is 16. The van der Waals surface area contributed by atoms with Crippen LogP contribution in [0.15, 0.2) is 60.8 Å². The van der Waals surface area contributed by atoms with Crippen molar-refractivity contribution in [2.75, 3.05) is 5.75 Å². The Morgan fingerprint density at radius 1 is 0.857 bits per heavy atom. The number of nitrogens with one attached hydrogen (secondary N) is 1. The van der Waals surface area contributed by atoms with E-state index < -0.39 is 12.3 Å². The number of thiol groups is 1. The second kappa shape index (κ2) is 20.2. The molecule has 5 heteroatoms. The lowest BCUT2D eigenvalue weighted by Gasteiger charge is -2.17. The lowest BCUT2D eigenvalue weighted by Crippen LogP contribution is -2.44. The van der Waals surface area contributed by atoms with E-state index in [0.717, 1.165) is 44.9 Å². The fourth-order valence-electron chi connectivity index (χ4n) is 2.24. The number of carbonyl (C=O) groups excluding carboxylic acids is 1. The maximum Gasteiger partial charge on any atom is 0.220 e. The largest absolute Gasteiger partial charge is 0.366 e. The van der Waals surface area contributed by atoms with Crippen LogP contribution in [0.4, 0.5) is 0 Å². The quantitative estimate of drug-likeness (QED) is 0.130. The van der Waals surface area contributed by atoms with Gasteiger partial charge in [0.25, 0.3) is 0 Å². The highest BCUT2D eigenvalue weighted by Gasteiger charge is 2.16. The van der Waals surface area contributed by atoms with E-state index in [1.165, 1.54) is 0 Å². The smallest absolute Gasteiger partial charge is 0.220 e. The van der Waals surface area contributed by atoms with Crippen molar-refractivity contribution in [2.24, 2.45) is 0 Å². The summed E-state index contributed by atoms with van der Waals surface area (Å²) in [5.41, 5.74) is 0.